The lowest BCUT2D eigenvalue weighted by Gasteiger charge is -2.28. The van der Waals surface area contributed by atoms with Crippen molar-refractivity contribution in [1.29, 1.82) is 0 Å². The first-order chi connectivity index (χ1) is 9.10. The summed E-state index contributed by atoms with van der Waals surface area (Å²) in [6.07, 6.45) is 3.12. The van der Waals surface area contributed by atoms with E-state index in [1.54, 1.807) is 7.11 Å². The van der Waals surface area contributed by atoms with E-state index < -0.39 is 0 Å². The summed E-state index contributed by atoms with van der Waals surface area (Å²) in [7, 11) is 3.85. The number of ether oxygens (including phenoxy) is 1. The van der Waals surface area contributed by atoms with Gasteiger partial charge in [0.1, 0.15) is 0 Å². The number of aromatic nitrogens is 1. The monoisotopic (exact) mass is 265 g/mol. The quantitative estimate of drug-likeness (QED) is 0.732. The van der Waals surface area contributed by atoms with Gasteiger partial charge in [-0.05, 0) is 32.9 Å². The third-order valence-corrected chi connectivity index (χ3v) is 3.29. The number of likely N-dealkylation sites (N-methyl/N-ethyl adjacent to an activating group) is 1. The Hall–Kier alpha value is -1.13. The molecular weight excluding hydrogens is 238 g/mol. The summed E-state index contributed by atoms with van der Waals surface area (Å²) in [4.78, 5) is 6.67. The Morgan fingerprint density at radius 1 is 1.47 bits per heavy atom. The molecule has 0 radical (unpaired) electrons. The van der Waals surface area contributed by atoms with Crippen LogP contribution in [-0.2, 0) is 11.3 Å². The van der Waals surface area contributed by atoms with E-state index in [4.69, 9.17) is 4.74 Å². The highest BCUT2D eigenvalue weighted by atomic mass is 16.5. The number of nitrogens with zero attached hydrogens (tertiary/aromatic N) is 2. The van der Waals surface area contributed by atoms with Crippen molar-refractivity contribution in [2.75, 3.05) is 32.2 Å². The Labute approximate surface area is 117 Å². The molecule has 1 atom stereocenters. The van der Waals surface area contributed by atoms with Gasteiger partial charge in [0.05, 0.1) is 6.61 Å². The van der Waals surface area contributed by atoms with Gasteiger partial charge >= 0.3 is 0 Å². The van der Waals surface area contributed by atoms with Crippen LogP contribution in [0.15, 0.2) is 12.3 Å². The van der Waals surface area contributed by atoms with Gasteiger partial charge < -0.3 is 15.0 Å². The number of aryl methyl sites for hydroxylation is 1. The van der Waals surface area contributed by atoms with Crippen molar-refractivity contribution in [2.45, 2.75) is 39.8 Å². The highest BCUT2D eigenvalue weighted by Gasteiger charge is 2.14. The minimum Gasteiger partial charge on any atom is -0.383 e. The summed E-state index contributed by atoms with van der Waals surface area (Å²) in [5.74, 6) is 0. The van der Waals surface area contributed by atoms with Gasteiger partial charge in [-0.25, -0.2) is 0 Å². The molecule has 0 spiro atoms. The fourth-order valence-corrected chi connectivity index (χ4v) is 2.03. The van der Waals surface area contributed by atoms with Crippen LogP contribution in [0.2, 0.25) is 0 Å². The molecule has 0 bridgehead atoms. The molecule has 1 aromatic heterocycles. The molecule has 0 aliphatic rings. The zero-order valence-electron chi connectivity index (χ0n) is 12.9. The maximum absolute atomic E-state index is 5.24. The van der Waals surface area contributed by atoms with Crippen LogP contribution in [0.3, 0.4) is 0 Å². The Bertz CT molecular complexity index is 382. The van der Waals surface area contributed by atoms with Crippen LogP contribution < -0.4 is 10.2 Å². The molecule has 0 fully saturated rings. The average molecular weight is 265 g/mol. The summed E-state index contributed by atoms with van der Waals surface area (Å²) in [6, 6.07) is 2.49. The molecule has 1 N–H and O–H groups in total. The van der Waals surface area contributed by atoms with Gasteiger partial charge in [-0.3, -0.25) is 4.98 Å². The molecular formula is C15H27N3O. The van der Waals surface area contributed by atoms with Crippen LogP contribution in [0.1, 0.15) is 31.5 Å². The van der Waals surface area contributed by atoms with Crippen molar-refractivity contribution >= 4 is 5.69 Å². The van der Waals surface area contributed by atoms with Crippen molar-refractivity contribution in [3.05, 3.63) is 23.5 Å². The van der Waals surface area contributed by atoms with Crippen LogP contribution >= 0.6 is 0 Å². The molecule has 0 amide bonds. The van der Waals surface area contributed by atoms with Gasteiger partial charge in [0.25, 0.3) is 0 Å². The van der Waals surface area contributed by atoms with Crippen molar-refractivity contribution < 1.29 is 4.74 Å². The van der Waals surface area contributed by atoms with Gasteiger partial charge in [-0.2, -0.15) is 0 Å². The lowest BCUT2D eigenvalue weighted by Crippen LogP contribution is -2.34. The zero-order chi connectivity index (χ0) is 14.3. The van der Waals surface area contributed by atoms with E-state index in [9.17, 15) is 0 Å². The highest BCUT2D eigenvalue weighted by Crippen LogP contribution is 2.21. The second-order valence-electron chi connectivity index (χ2n) is 5.05. The van der Waals surface area contributed by atoms with Crippen molar-refractivity contribution in [1.82, 2.24) is 10.3 Å². The van der Waals surface area contributed by atoms with E-state index in [1.807, 2.05) is 13.1 Å². The molecule has 0 aliphatic heterocycles. The fourth-order valence-electron chi connectivity index (χ4n) is 2.03. The molecule has 0 saturated heterocycles. The number of anilines is 1. The van der Waals surface area contributed by atoms with Crippen LogP contribution in [-0.4, -0.2) is 38.3 Å². The standard InChI is InChI=1S/C15H27N3O/c1-6-7-16-9-14-10-17-12(2)8-15(14)18(4)13(3)11-19-5/h8,10,13,16H,6-7,9,11H2,1-5H3. The fraction of sp³-hybridized carbons (Fsp3) is 0.667. The summed E-state index contributed by atoms with van der Waals surface area (Å²) in [5, 5.41) is 3.44. The largest absolute Gasteiger partial charge is 0.383 e. The summed E-state index contributed by atoms with van der Waals surface area (Å²) in [6.45, 7) is 8.99. The smallest absolute Gasteiger partial charge is 0.0663 e. The first-order valence-corrected chi connectivity index (χ1v) is 6.98. The lowest BCUT2D eigenvalue weighted by molar-refractivity contribution is 0.183. The van der Waals surface area contributed by atoms with Crippen LogP contribution in [0.5, 0.6) is 0 Å². The van der Waals surface area contributed by atoms with Gasteiger partial charge in [-0.1, -0.05) is 6.92 Å². The normalized spacial score (nSPS) is 12.5. The summed E-state index contributed by atoms with van der Waals surface area (Å²) in [5.41, 5.74) is 3.52. The lowest BCUT2D eigenvalue weighted by atomic mass is 10.1. The minimum atomic E-state index is 0.344. The molecule has 1 rings (SSSR count). The number of rotatable bonds is 8. The predicted molar refractivity (Wildman–Crippen MR) is 80.7 cm³/mol. The summed E-state index contributed by atoms with van der Waals surface area (Å²) < 4.78 is 5.24. The maximum Gasteiger partial charge on any atom is 0.0663 e. The molecule has 1 unspecified atom stereocenters. The van der Waals surface area contributed by atoms with Crippen LogP contribution in [0.25, 0.3) is 0 Å². The molecule has 4 heteroatoms. The Morgan fingerprint density at radius 2 is 2.21 bits per heavy atom. The third-order valence-electron chi connectivity index (χ3n) is 3.29. The molecule has 0 aromatic carbocycles. The van der Waals surface area contributed by atoms with E-state index in [0.717, 1.165) is 31.8 Å². The minimum absolute atomic E-state index is 0.344. The maximum atomic E-state index is 5.24. The van der Waals surface area contributed by atoms with E-state index in [1.165, 1.54) is 11.3 Å². The van der Waals surface area contributed by atoms with Crippen LogP contribution in [0, 0.1) is 6.92 Å². The van der Waals surface area contributed by atoms with E-state index in [2.05, 4.69) is 42.2 Å². The first kappa shape index (κ1) is 15.9. The summed E-state index contributed by atoms with van der Waals surface area (Å²) >= 11 is 0. The van der Waals surface area contributed by atoms with Gasteiger partial charge in [0.2, 0.25) is 0 Å². The second-order valence-corrected chi connectivity index (χ2v) is 5.05. The van der Waals surface area contributed by atoms with Crippen molar-refractivity contribution in [3.8, 4) is 0 Å². The van der Waals surface area contributed by atoms with E-state index >= 15 is 0 Å². The number of nitrogens with one attached hydrogen (secondary N) is 1. The Balaban J connectivity index is 2.86. The molecule has 1 aromatic rings. The van der Waals surface area contributed by atoms with E-state index in [0.29, 0.717) is 6.04 Å². The Kier molecular flexibility index (Phi) is 6.81. The van der Waals surface area contributed by atoms with Crippen molar-refractivity contribution in [2.24, 2.45) is 0 Å². The number of hydrogen-bond donors (Lipinski definition) is 1. The number of hydrogen-bond acceptors (Lipinski definition) is 4. The molecule has 4 nitrogen and oxygen atoms in total. The SMILES string of the molecule is CCCNCc1cnc(C)cc1N(C)C(C)COC. The highest BCUT2D eigenvalue weighted by molar-refractivity contribution is 5.53. The van der Waals surface area contributed by atoms with E-state index in [-0.39, 0.29) is 0 Å². The number of pyridine rings is 1. The molecule has 108 valence electrons. The molecule has 19 heavy (non-hydrogen) atoms. The second kappa shape index (κ2) is 8.12. The van der Waals surface area contributed by atoms with Gasteiger partial charge in [0.15, 0.2) is 0 Å². The first-order valence-electron chi connectivity index (χ1n) is 6.98. The van der Waals surface area contributed by atoms with Gasteiger partial charge in [-0.15, -0.1) is 0 Å². The topological polar surface area (TPSA) is 37.4 Å². The Morgan fingerprint density at radius 3 is 2.84 bits per heavy atom. The molecule has 1 heterocycles. The van der Waals surface area contributed by atoms with Crippen LogP contribution in [0.4, 0.5) is 5.69 Å². The molecule has 0 saturated carbocycles. The number of methoxy groups -OCH3 is 1. The van der Waals surface area contributed by atoms with Gasteiger partial charge in [0, 0.05) is 49.9 Å². The van der Waals surface area contributed by atoms with Crippen molar-refractivity contribution in [3.63, 3.8) is 0 Å². The molecule has 0 aliphatic carbocycles. The average Bonchev–Trinajstić information content (AvgIpc) is 2.40. The zero-order valence-corrected chi connectivity index (χ0v) is 12.9. The third kappa shape index (κ3) is 4.80. The predicted octanol–water partition coefficient (Wildman–Crippen LogP) is 2.36.